The highest BCUT2D eigenvalue weighted by molar-refractivity contribution is 5.76. The fraction of sp³-hybridized carbons (Fsp3) is 0.932. The molecule has 1 amide bonds. The Morgan fingerprint density at radius 1 is 0.402 bits per heavy atom. The molecule has 87 heavy (non-hydrogen) atoms. The van der Waals surface area contributed by atoms with Gasteiger partial charge in [0, 0.05) is 6.42 Å². The summed E-state index contributed by atoms with van der Waals surface area (Å²) < 4.78 is 22.9. The van der Waals surface area contributed by atoms with E-state index in [0.717, 1.165) is 32.1 Å². The van der Waals surface area contributed by atoms with Gasteiger partial charge < -0.3 is 65.1 Å². The summed E-state index contributed by atoms with van der Waals surface area (Å²) in [6.45, 7) is 2.84. The van der Waals surface area contributed by atoms with E-state index < -0.39 is 86.8 Å². The van der Waals surface area contributed by atoms with E-state index in [2.05, 4.69) is 31.3 Å². The van der Waals surface area contributed by atoms with Crippen LogP contribution in [0.2, 0.25) is 0 Å². The number of nitrogens with one attached hydrogen (secondary N) is 1. The van der Waals surface area contributed by atoms with Crippen molar-refractivity contribution in [3.05, 3.63) is 24.3 Å². The van der Waals surface area contributed by atoms with Gasteiger partial charge in [-0.15, -0.1) is 0 Å². The second kappa shape index (κ2) is 58.3. The Labute approximate surface area is 532 Å². The standard InChI is InChI=1S/C73H139NO13/c1-3-5-7-9-11-13-15-17-19-21-23-25-27-28-29-30-31-32-33-34-35-37-39-41-43-45-47-49-51-53-55-57-65(78)74-61(60-84-72-70(83)68(81)71(64(59-76)86-72)87-73-69(82)67(80)66(79)63(58-75)85-73)62(77)56-54-52-50-48-46-44-42-40-38-36-26-24-22-20-18-16-14-12-10-8-6-4-2/h46,48,54,56,61-64,66-73,75-77,79-83H,3-45,47,49-53,55,57-60H2,1-2H3,(H,74,78)/b48-46+,56-54+. The lowest BCUT2D eigenvalue weighted by atomic mass is 9.97. The SMILES string of the molecule is CCCCCCCCCCCCCCCCCC/C=C/CC/C=C/C(O)C(COC1OC(CO)C(OC2OC(CO)C(O)C(O)C2O)C(O)C1O)NC(=O)CCCCCCCCCCCCCCCCCCCCCCCCCCCCCCCCC. The summed E-state index contributed by atoms with van der Waals surface area (Å²) in [5, 5.41) is 87.5. The molecule has 2 rings (SSSR count). The van der Waals surface area contributed by atoms with Gasteiger partial charge >= 0.3 is 0 Å². The summed E-state index contributed by atoms with van der Waals surface area (Å²) in [6, 6.07) is -0.929. The average molecular weight is 1240 g/mol. The van der Waals surface area contributed by atoms with Gasteiger partial charge in [0.2, 0.25) is 5.91 Å². The number of unbranched alkanes of at least 4 members (excludes halogenated alkanes) is 47. The number of hydrogen-bond donors (Lipinski definition) is 9. The summed E-state index contributed by atoms with van der Waals surface area (Å²) in [5.41, 5.74) is 0. The number of ether oxygens (including phenoxy) is 4. The Bertz CT molecular complexity index is 1550. The Kier molecular flexibility index (Phi) is 54.7. The molecule has 2 aliphatic heterocycles. The lowest BCUT2D eigenvalue weighted by Gasteiger charge is -2.46. The molecule has 0 bridgehead atoms. The molecule has 2 fully saturated rings. The predicted molar refractivity (Wildman–Crippen MR) is 355 cm³/mol. The Hall–Kier alpha value is -1.53. The minimum atomic E-state index is -1.79. The quantitative estimate of drug-likeness (QED) is 0.0204. The molecule has 2 aliphatic rings. The second-order valence-corrected chi connectivity index (χ2v) is 26.4. The molecule has 0 aromatic rings. The molecule has 0 spiro atoms. The van der Waals surface area contributed by atoms with E-state index in [4.69, 9.17) is 18.9 Å². The first-order valence-corrected chi connectivity index (χ1v) is 37.1. The lowest BCUT2D eigenvalue weighted by Crippen LogP contribution is -2.65. The average Bonchev–Trinajstić information content (AvgIpc) is 2.57. The number of aliphatic hydroxyl groups excluding tert-OH is 8. The molecule has 0 aromatic carbocycles. The van der Waals surface area contributed by atoms with Crippen LogP contribution in [-0.4, -0.2) is 140 Å². The number of hydrogen-bond acceptors (Lipinski definition) is 13. The molecule has 0 radical (unpaired) electrons. The first kappa shape index (κ1) is 81.6. The minimum Gasteiger partial charge on any atom is -0.394 e. The van der Waals surface area contributed by atoms with Crippen LogP contribution in [0.3, 0.4) is 0 Å². The normalized spacial score (nSPS) is 23.3. The van der Waals surface area contributed by atoms with Crippen LogP contribution >= 0.6 is 0 Å². The van der Waals surface area contributed by atoms with Crippen molar-refractivity contribution in [2.75, 3.05) is 19.8 Å². The number of carbonyl (C=O) groups excluding carboxylic acids is 1. The van der Waals surface area contributed by atoms with Crippen LogP contribution < -0.4 is 5.32 Å². The third-order valence-corrected chi connectivity index (χ3v) is 18.4. The summed E-state index contributed by atoms with van der Waals surface area (Å²) in [7, 11) is 0. The number of rotatable bonds is 62. The molecule has 0 aliphatic carbocycles. The van der Waals surface area contributed by atoms with Crippen LogP contribution in [-0.2, 0) is 23.7 Å². The van der Waals surface area contributed by atoms with E-state index >= 15 is 0 Å². The van der Waals surface area contributed by atoms with Crippen molar-refractivity contribution in [3.8, 4) is 0 Å². The summed E-state index contributed by atoms with van der Waals surface area (Å²) in [6.07, 6.45) is 56.8. The van der Waals surface area contributed by atoms with Gasteiger partial charge in [-0.3, -0.25) is 4.79 Å². The van der Waals surface area contributed by atoms with Crippen LogP contribution in [0.1, 0.15) is 341 Å². The zero-order valence-corrected chi connectivity index (χ0v) is 56.0. The third kappa shape index (κ3) is 42.4. The molecule has 14 heteroatoms. The largest absolute Gasteiger partial charge is 0.394 e. The molecule has 12 unspecified atom stereocenters. The van der Waals surface area contributed by atoms with Gasteiger partial charge in [0.15, 0.2) is 12.6 Å². The van der Waals surface area contributed by atoms with Gasteiger partial charge in [0.1, 0.15) is 48.8 Å². The van der Waals surface area contributed by atoms with E-state index in [1.54, 1.807) is 6.08 Å². The summed E-state index contributed by atoms with van der Waals surface area (Å²) in [5.74, 6) is -0.241. The van der Waals surface area contributed by atoms with Gasteiger partial charge in [0.25, 0.3) is 0 Å². The fourth-order valence-electron chi connectivity index (χ4n) is 12.5. The third-order valence-electron chi connectivity index (χ3n) is 18.4. The van der Waals surface area contributed by atoms with Crippen molar-refractivity contribution in [1.82, 2.24) is 5.32 Å². The molecule has 9 N–H and O–H groups in total. The van der Waals surface area contributed by atoms with Crippen LogP contribution in [0.4, 0.5) is 0 Å². The van der Waals surface area contributed by atoms with Crippen molar-refractivity contribution < 1.29 is 64.6 Å². The Morgan fingerprint density at radius 3 is 1.13 bits per heavy atom. The topological polar surface area (TPSA) is 228 Å². The smallest absolute Gasteiger partial charge is 0.220 e. The number of aliphatic hydroxyl groups is 8. The zero-order chi connectivity index (χ0) is 63.1. The van der Waals surface area contributed by atoms with Gasteiger partial charge in [-0.1, -0.05) is 327 Å². The highest BCUT2D eigenvalue weighted by Crippen LogP contribution is 2.30. The molecular weight excluding hydrogens is 1100 g/mol. The number of amides is 1. The zero-order valence-electron chi connectivity index (χ0n) is 56.0. The molecule has 2 saturated heterocycles. The van der Waals surface area contributed by atoms with Crippen LogP contribution in [0, 0.1) is 0 Å². The first-order valence-electron chi connectivity index (χ1n) is 37.1. The molecule has 12 atom stereocenters. The molecule has 0 aromatic heterocycles. The molecule has 0 saturated carbocycles. The van der Waals surface area contributed by atoms with Crippen molar-refractivity contribution >= 4 is 5.91 Å². The number of allylic oxidation sites excluding steroid dienone is 3. The van der Waals surface area contributed by atoms with E-state index in [1.807, 2.05) is 6.08 Å². The highest BCUT2D eigenvalue weighted by atomic mass is 16.7. The maximum absolute atomic E-state index is 13.3. The van der Waals surface area contributed by atoms with E-state index in [0.29, 0.717) is 12.8 Å². The van der Waals surface area contributed by atoms with Crippen molar-refractivity contribution in [1.29, 1.82) is 0 Å². The van der Waals surface area contributed by atoms with E-state index in [1.165, 1.54) is 276 Å². The van der Waals surface area contributed by atoms with Gasteiger partial charge in [-0.25, -0.2) is 0 Å². The highest BCUT2D eigenvalue weighted by Gasteiger charge is 2.51. The Balaban J connectivity index is 1.65. The molecular formula is C73H139NO13. The van der Waals surface area contributed by atoms with Crippen LogP contribution in [0.25, 0.3) is 0 Å². The first-order chi connectivity index (χ1) is 42.6. The maximum Gasteiger partial charge on any atom is 0.220 e. The van der Waals surface area contributed by atoms with Crippen LogP contribution in [0.5, 0.6) is 0 Å². The molecule has 14 nitrogen and oxygen atoms in total. The second-order valence-electron chi connectivity index (χ2n) is 26.4. The van der Waals surface area contributed by atoms with Crippen molar-refractivity contribution in [2.24, 2.45) is 0 Å². The monoisotopic (exact) mass is 1240 g/mol. The van der Waals surface area contributed by atoms with Crippen molar-refractivity contribution in [3.63, 3.8) is 0 Å². The Morgan fingerprint density at radius 2 is 0.736 bits per heavy atom. The molecule has 514 valence electrons. The van der Waals surface area contributed by atoms with Crippen molar-refractivity contribution in [2.45, 2.75) is 415 Å². The van der Waals surface area contributed by atoms with Crippen LogP contribution in [0.15, 0.2) is 24.3 Å². The minimum absolute atomic E-state index is 0.241. The lowest BCUT2D eigenvalue weighted by molar-refractivity contribution is -0.359. The molecule has 2 heterocycles. The fourth-order valence-corrected chi connectivity index (χ4v) is 12.5. The predicted octanol–water partition coefficient (Wildman–Crippen LogP) is 15.5. The van der Waals surface area contributed by atoms with Gasteiger partial charge in [-0.05, 0) is 32.1 Å². The van der Waals surface area contributed by atoms with Gasteiger partial charge in [0.05, 0.1) is 32.0 Å². The van der Waals surface area contributed by atoms with E-state index in [9.17, 15) is 45.6 Å². The summed E-state index contributed by atoms with van der Waals surface area (Å²) in [4.78, 5) is 13.3. The van der Waals surface area contributed by atoms with E-state index in [-0.39, 0.29) is 18.9 Å². The number of carbonyl (C=O) groups is 1. The maximum atomic E-state index is 13.3. The summed E-state index contributed by atoms with van der Waals surface area (Å²) >= 11 is 0. The van der Waals surface area contributed by atoms with Gasteiger partial charge in [-0.2, -0.15) is 0 Å².